The molecule has 0 saturated carbocycles. The Morgan fingerprint density at radius 2 is 2.05 bits per heavy atom. The highest BCUT2D eigenvalue weighted by atomic mass is 16.5. The van der Waals surface area contributed by atoms with E-state index >= 15 is 0 Å². The fourth-order valence-electron chi connectivity index (χ4n) is 3.26. The van der Waals surface area contributed by atoms with Crippen molar-refractivity contribution in [3.63, 3.8) is 0 Å². The molecule has 0 aliphatic carbocycles. The highest BCUT2D eigenvalue weighted by molar-refractivity contribution is 5.86. The SMILES string of the molecule is CC(C(=O)N1CCOCC1)N1CCCc2c(N)cccc21. The number of carbonyl (C=O) groups is 1. The lowest BCUT2D eigenvalue weighted by atomic mass is 9.98. The quantitative estimate of drug-likeness (QED) is 0.833. The van der Waals surface area contributed by atoms with Gasteiger partial charge >= 0.3 is 0 Å². The standard InChI is InChI=1S/C16H23N3O2/c1-12(16(20)18-8-10-21-11-9-18)19-7-3-4-13-14(17)5-2-6-15(13)19/h2,5-6,12H,3-4,7-11,17H2,1H3. The zero-order chi connectivity index (χ0) is 14.8. The summed E-state index contributed by atoms with van der Waals surface area (Å²) in [6.45, 7) is 5.58. The number of benzene rings is 1. The third-order valence-electron chi connectivity index (χ3n) is 4.47. The first-order valence-corrected chi connectivity index (χ1v) is 7.69. The average Bonchev–Trinajstić information content (AvgIpc) is 2.54. The largest absolute Gasteiger partial charge is 0.398 e. The monoisotopic (exact) mass is 289 g/mol. The molecule has 1 aromatic rings. The normalized spacial score (nSPS) is 20.0. The van der Waals surface area contributed by atoms with Gasteiger partial charge in [0.25, 0.3) is 0 Å². The van der Waals surface area contributed by atoms with Gasteiger partial charge in [0.2, 0.25) is 5.91 Å². The summed E-state index contributed by atoms with van der Waals surface area (Å²) in [6, 6.07) is 5.84. The Morgan fingerprint density at radius 1 is 1.29 bits per heavy atom. The molecule has 0 spiro atoms. The first-order valence-electron chi connectivity index (χ1n) is 7.69. The van der Waals surface area contributed by atoms with Crippen molar-refractivity contribution in [1.82, 2.24) is 4.90 Å². The summed E-state index contributed by atoms with van der Waals surface area (Å²) in [5, 5.41) is 0. The van der Waals surface area contributed by atoms with Gasteiger partial charge in [-0.2, -0.15) is 0 Å². The van der Waals surface area contributed by atoms with Crippen molar-refractivity contribution in [1.29, 1.82) is 0 Å². The van der Waals surface area contributed by atoms with Gasteiger partial charge in [0.05, 0.1) is 13.2 Å². The molecule has 1 amide bonds. The van der Waals surface area contributed by atoms with Crippen molar-refractivity contribution < 1.29 is 9.53 Å². The lowest BCUT2D eigenvalue weighted by Crippen LogP contribution is -2.51. The fourth-order valence-corrected chi connectivity index (χ4v) is 3.26. The highest BCUT2D eigenvalue weighted by Gasteiger charge is 2.30. The number of ether oxygens (including phenoxy) is 1. The van der Waals surface area contributed by atoms with Gasteiger partial charge < -0.3 is 20.3 Å². The minimum atomic E-state index is -0.149. The first kappa shape index (κ1) is 14.2. The molecule has 21 heavy (non-hydrogen) atoms. The Labute approximate surface area is 125 Å². The summed E-state index contributed by atoms with van der Waals surface area (Å²) >= 11 is 0. The van der Waals surface area contributed by atoms with Crippen molar-refractivity contribution in [2.75, 3.05) is 43.5 Å². The van der Waals surface area contributed by atoms with Gasteiger partial charge in [-0.1, -0.05) is 6.07 Å². The van der Waals surface area contributed by atoms with Gasteiger partial charge in [0.1, 0.15) is 6.04 Å². The van der Waals surface area contributed by atoms with Crippen LogP contribution in [0.1, 0.15) is 18.9 Å². The number of amides is 1. The van der Waals surface area contributed by atoms with E-state index in [2.05, 4.69) is 11.0 Å². The molecule has 2 aliphatic rings. The van der Waals surface area contributed by atoms with E-state index in [9.17, 15) is 4.79 Å². The van der Waals surface area contributed by atoms with Crippen LogP contribution in [0.25, 0.3) is 0 Å². The molecule has 1 aromatic carbocycles. The number of nitrogen functional groups attached to an aromatic ring is 1. The Bertz CT molecular complexity index is 526. The smallest absolute Gasteiger partial charge is 0.245 e. The molecule has 1 saturated heterocycles. The Hall–Kier alpha value is -1.75. The Morgan fingerprint density at radius 3 is 2.81 bits per heavy atom. The molecule has 1 fully saturated rings. The van der Waals surface area contributed by atoms with Gasteiger partial charge in [-0.25, -0.2) is 0 Å². The van der Waals surface area contributed by atoms with E-state index in [1.165, 1.54) is 5.56 Å². The van der Waals surface area contributed by atoms with Gasteiger partial charge in [-0.05, 0) is 37.5 Å². The number of nitrogens with two attached hydrogens (primary N) is 1. The molecule has 5 nitrogen and oxygen atoms in total. The summed E-state index contributed by atoms with van der Waals surface area (Å²) in [5.41, 5.74) is 9.23. The Balaban J connectivity index is 1.81. The molecule has 1 atom stereocenters. The molecular formula is C16H23N3O2. The first-order chi connectivity index (χ1) is 10.2. The molecule has 2 N–H and O–H groups in total. The van der Waals surface area contributed by atoms with E-state index in [1.807, 2.05) is 24.0 Å². The summed E-state index contributed by atoms with van der Waals surface area (Å²) in [7, 11) is 0. The Kier molecular flexibility index (Phi) is 4.01. The second-order valence-corrected chi connectivity index (χ2v) is 5.76. The van der Waals surface area contributed by atoms with Crippen molar-refractivity contribution in [2.45, 2.75) is 25.8 Å². The lowest BCUT2D eigenvalue weighted by Gasteiger charge is -2.39. The molecule has 2 heterocycles. The number of morpholine rings is 1. The van der Waals surface area contributed by atoms with E-state index in [0.717, 1.165) is 30.8 Å². The van der Waals surface area contributed by atoms with Crippen LogP contribution < -0.4 is 10.6 Å². The summed E-state index contributed by atoms with van der Waals surface area (Å²) < 4.78 is 5.32. The second-order valence-electron chi connectivity index (χ2n) is 5.76. The predicted molar refractivity (Wildman–Crippen MR) is 83.4 cm³/mol. The maximum atomic E-state index is 12.7. The van der Waals surface area contributed by atoms with Crippen molar-refractivity contribution in [2.24, 2.45) is 0 Å². The number of hydrogen-bond acceptors (Lipinski definition) is 4. The average molecular weight is 289 g/mol. The van der Waals surface area contributed by atoms with Crippen LogP contribution >= 0.6 is 0 Å². The van der Waals surface area contributed by atoms with Crippen LogP contribution in [0, 0.1) is 0 Å². The number of rotatable bonds is 2. The molecule has 0 aromatic heterocycles. The fraction of sp³-hybridized carbons (Fsp3) is 0.562. The van der Waals surface area contributed by atoms with Crippen LogP contribution in [-0.4, -0.2) is 49.7 Å². The highest BCUT2D eigenvalue weighted by Crippen LogP contribution is 2.32. The topological polar surface area (TPSA) is 58.8 Å². The molecule has 5 heteroatoms. The molecule has 1 unspecified atom stereocenters. The minimum Gasteiger partial charge on any atom is -0.398 e. The number of nitrogens with zero attached hydrogens (tertiary/aromatic N) is 2. The van der Waals surface area contributed by atoms with Crippen LogP contribution in [0.4, 0.5) is 11.4 Å². The molecule has 0 radical (unpaired) electrons. The molecular weight excluding hydrogens is 266 g/mol. The van der Waals surface area contributed by atoms with Crippen LogP contribution in [0.5, 0.6) is 0 Å². The van der Waals surface area contributed by atoms with E-state index in [1.54, 1.807) is 0 Å². The number of carbonyl (C=O) groups excluding carboxylic acids is 1. The third-order valence-corrected chi connectivity index (χ3v) is 4.47. The zero-order valence-corrected chi connectivity index (χ0v) is 12.5. The summed E-state index contributed by atoms with van der Waals surface area (Å²) in [4.78, 5) is 16.8. The maximum Gasteiger partial charge on any atom is 0.245 e. The van der Waals surface area contributed by atoms with E-state index in [4.69, 9.17) is 10.5 Å². The van der Waals surface area contributed by atoms with Gasteiger partial charge in [0, 0.05) is 31.0 Å². The summed E-state index contributed by atoms with van der Waals surface area (Å²) in [5.74, 6) is 0.188. The van der Waals surface area contributed by atoms with Gasteiger partial charge in [0.15, 0.2) is 0 Å². The van der Waals surface area contributed by atoms with Crippen LogP contribution in [-0.2, 0) is 16.0 Å². The second kappa shape index (κ2) is 5.93. The minimum absolute atomic E-state index is 0.149. The van der Waals surface area contributed by atoms with Crippen molar-refractivity contribution in [3.05, 3.63) is 23.8 Å². The summed E-state index contributed by atoms with van der Waals surface area (Å²) in [6.07, 6.45) is 2.04. The molecule has 114 valence electrons. The molecule has 3 rings (SSSR count). The van der Waals surface area contributed by atoms with E-state index in [-0.39, 0.29) is 11.9 Å². The maximum absolute atomic E-state index is 12.7. The van der Waals surface area contributed by atoms with Crippen molar-refractivity contribution in [3.8, 4) is 0 Å². The van der Waals surface area contributed by atoms with Gasteiger partial charge in [-0.15, -0.1) is 0 Å². The van der Waals surface area contributed by atoms with E-state index in [0.29, 0.717) is 26.3 Å². The number of anilines is 2. The van der Waals surface area contributed by atoms with Gasteiger partial charge in [-0.3, -0.25) is 4.79 Å². The van der Waals surface area contributed by atoms with Crippen molar-refractivity contribution >= 4 is 17.3 Å². The third kappa shape index (κ3) is 2.70. The number of fused-ring (bicyclic) bond motifs is 1. The number of hydrogen-bond donors (Lipinski definition) is 1. The zero-order valence-electron chi connectivity index (χ0n) is 12.5. The van der Waals surface area contributed by atoms with E-state index < -0.39 is 0 Å². The molecule has 0 bridgehead atoms. The van der Waals surface area contributed by atoms with Crippen LogP contribution in [0.3, 0.4) is 0 Å². The predicted octanol–water partition coefficient (Wildman–Crippen LogP) is 1.27. The van der Waals surface area contributed by atoms with Crippen LogP contribution in [0.15, 0.2) is 18.2 Å². The molecule has 2 aliphatic heterocycles. The lowest BCUT2D eigenvalue weighted by molar-refractivity contribution is -0.136. The van der Waals surface area contributed by atoms with Crippen LogP contribution in [0.2, 0.25) is 0 Å².